The Hall–Kier alpha value is -1.68. The maximum absolute atomic E-state index is 5.29. The van der Waals surface area contributed by atoms with Crippen molar-refractivity contribution in [3.05, 3.63) is 40.3 Å². The fourth-order valence-corrected chi connectivity index (χ4v) is 2.03. The van der Waals surface area contributed by atoms with Crippen molar-refractivity contribution in [2.75, 3.05) is 7.11 Å². The van der Waals surface area contributed by atoms with Gasteiger partial charge in [0.05, 0.1) is 12.8 Å². The minimum absolute atomic E-state index is 0.656. The molecule has 1 aromatic heterocycles. The van der Waals surface area contributed by atoms with Gasteiger partial charge in [-0.3, -0.25) is 0 Å². The monoisotopic (exact) mass is 260 g/mol. The Morgan fingerprint density at radius 1 is 1.39 bits per heavy atom. The molecule has 0 spiro atoms. The van der Waals surface area contributed by atoms with E-state index < -0.39 is 0 Å². The summed E-state index contributed by atoms with van der Waals surface area (Å²) >= 11 is 5.29. The van der Waals surface area contributed by atoms with Crippen LogP contribution in [0.5, 0.6) is 5.75 Å². The number of aromatic amines is 1. The van der Waals surface area contributed by atoms with Crippen molar-refractivity contribution in [2.45, 2.75) is 20.3 Å². The fourth-order valence-electron chi connectivity index (χ4n) is 1.81. The number of aromatic nitrogens is 2. The van der Waals surface area contributed by atoms with Gasteiger partial charge in [-0.2, -0.15) is 0 Å². The van der Waals surface area contributed by atoms with Crippen LogP contribution >= 0.6 is 12.2 Å². The molecule has 0 saturated carbocycles. The predicted octanol–water partition coefficient (Wildman–Crippen LogP) is 3.69. The van der Waals surface area contributed by atoms with Crippen LogP contribution in [0.1, 0.15) is 18.3 Å². The smallest absolute Gasteiger partial charge is 0.133 e. The van der Waals surface area contributed by atoms with Gasteiger partial charge in [0.1, 0.15) is 16.2 Å². The van der Waals surface area contributed by atoms with E-state index in [1.807, 2.05) is 31.2 Å². The van der Waals surface area contributed by atoms with Gasteiger partial charge < -0.3 is 9.72 Å². The molecule has 0 bridgehead atoms. The molecule has 94 valence electrons. The second kappa shape index (κ2) is 5.31. The molecule has 0 saturated heterocycles. The quantitative estimate of drug-likeness (QED) is 0.855. The summed E-state index contributed by atoms with van der Waals surface area (Å²) in [6.45, 7) is 4.04. The lowest BCUT2D eigenvalue weighted by Gasteiger charge is -2.10. The molecule has 0 atom stereocenters. The SMILES string of the molecule is CCc1nc(=S)c(C)c(-c2cccc(OC)c2)[nH]1. The second-order valence-electron chi connectivity index (χ2n) is 4.07. The molecule has 0 unspecified atom stereocenters. The van der Waals surface area contributed by atoms with Gasteiger partial charge in [0, 0.05) is 17.5 Å². The molecule has 3 nitrogen and oxygen atoms in total. The minimum Gasteiger partial charge on any atom is -0.497 e. The summed E-state index contributed by atoms with van der Waals surface area (Å²) in [6.07, 6.45) is 0.834. The maximum atomic E-state index is 5.29. The number of ether oxygens (including phenoxy) is 1. The van der Waals surface area contributed by atoms with Crippen LogP contribution in [0.3, 0.4) is 0 Å². The lowest BCUT2D eigenvalue weighted by atomic mass is 10.1. The Bertz CT molecular complexity index is 619. The van der Waals surface area contributed by atoms with E-state index in [9.17, 15) is 0 Å². The van der Waals surface area contributed by atoms with Gasteiger partial charge in [-0.15, -0.1) is 0 Å². The van der Waals surface area contributed by atoms with Crippen molar-refractivity contribution >= 4 is 12.2 Å². The van der Waals surface area contributed by atoms with Gasteiger partial charge in [0.15, 0.2) is 0 Å². The number of rotatable bonds is 3. The number of hydrogen-bond donors (Lipinski definition) is 1. The summed E-state index contributed by atoms with van der Waals surface area (Å²) in [6, 6.07) is 7.93. The molecular weight excluding hydrogens is 244 g/mol. The molecule has 1 N–H and O–H groups in total. The molecular formula is C14H16N2OS. The summed E-state index contributed by atoms with van der Waals surface area (Å²) < 4.78 is 5.90. The van der Waals surface area contributed by atoms with E-state index in [1.165, 1.54) is 0 Å². The summed E-state index contributed by atoms with van der Waals surface area (Å²) in [5.74, 6) is 1.74. The van der Waals surface area contributed by atoms with Gasteiger partial charge in [-0.1, -0.05) is 31.3 Å². The number of methoxy groups -OCH3 is 1. The first-order valence-electron chi connectivity index (χ1n) is 5.90. The van der Waals surface area contributed by atoms with E-state index >= 15 is 0 Å². The summed E-state index contributed by atoms with van der Waals surface area (Å²) in [5.41, 5.74) is 3.08. The van der Waals surface area contributed by atoms with Crippen molar-refractivity contribution in [3.8, 4) is 17.0 Å². The summed E-state index contributed by atoms with van der Waals surface area (Å²) in [7, 11) is 1.66. The van der Waals surface area contributed by atoms with Crippen molar-refractivity contribution in [1.82, 2.24) is 9.97 Å². The van der Waals surface area contributed by atoms with Crippen molar-refractivity contribution < 1.29 is 4.74 Å². The number of nitrogens with one attached hydrogen (secondary N) is 1. The van der Waals surface area contributed by atoms with Crippen molar-refractivity contribution in [2.24, 2.45) is 0 Å². The van der Waals surface area contributed by atoms with Crippen LogP contribution in [0.25, 0.3) is 11.3 Å². The van der Waals surface area contributed by atoms with Crippen LogP contribution in [0, 0.1) is 11.6 Å². The van der Waals surface area contributed by atoms with Crippen LogP contribution in [0.2, 0.25) is 0 Å². The van der Waals surface area contributed by atoms with Crippen LogP contribution in [-0.4, -0.2) is 17.1 Å². The number of benzene rings is 1. The number of hydrogen-bond acceptors (Lipinski definition) is 3. The molecule has 1 heterocycles. The number of H-pyrrole nitrogens is 1. The molecule has 0 aliphatic rings. The Kier molecular flexibility index (Phi) is 3.77. The van der Waals surface area contributed by atoms with E-state index in [2.05, 4.69) is 16.9 Å². The van der Waals surface area contributed by atoms with Crippen LogP contribution in [0.4, 0.5) is 0 Å². The largest absolute Gasteiger partial charge is 0.497 e. The Morgan fingerprint density at radius 3 is 2.83 bits per heavy atom. The molecule has 1 aromatic carbocycles. The standard InChI is InChI=1S/C14H16N2OS/c1-4-12-15-13(9(2)14(18)16-12)10-6-5-7-11(8-10)17-3/h5-8H,4H2,1-3H3,(H,15,16,18). The summed E-state index contributed by atoms with van der Waals surface area (Å²) in [5, 5.41) is 0. The first kappa shape index (κ1) is 12.8. The Morgan fingerprint density at radius 2 is 2.17 bits per heavy atom. The van der Waals surface area contributed by atoms with Gasteiger partial charge in [0.2, 0.25) is 0 Å². The predicted molar refractivity (Wildman–Crippen MR) is 75.5 cm³/mol. The fraction of sp³-hybridized carbons (Fsp3) is 0.286. The molecule has 0 aliphatic carbocycles. The van der Waals surface area contributed by atoms with E-state index in [4.69, 9.17) is 17.0 Å². The van der Waals surface area contributed by atoms with Crippen molar-refractivity contribution in [3.63, 3.8) is 0 Å². The zero-order valence-corrected chi connectivity index (χ0v) is 11.6. The lowest BCUT2D eigenvalue weighted by molar-refractivity contribution is 0.415. The molecule has 0 amide bonds. The molecule has 2 rings (SSSR count). The van der Waals surface area contributed by atoms with E-state index in [-0.39, 0.29) is 0 Å². The molecule has 0 aliphatic heterocycles. The highest BCUT2D eigenvalue weighted by Crippen LogP contribution is 2.25. The van der Waals surface area contributed by atoms with Gasteiger partial charge in [-0.25, -0.2) is 4.98 Å². The van der Waals surface area contributed by atoms with Crippen LogP contribution in [0.15, 0.2) is 24.3 Å². The highest BCUT2D eigenvalue weighted by atomic mass is 32.1. The lowest BCUT2D eigenvalue weighted by Crippen LogP contribution is -1.99. The number of aryl methyl sites for hydroxylation is 1. The molecule has 0 fully saturated rings. The van der Waals surface area contributed by atoms with Gasteiger partial charge in [-0.05, 0) is 19.1 Å². The molecule has 0 radical (unpaired) electrons. The molecule has 2 aromatic rings. The van der Waals surface area contributed by atoms with Crippen molar-refractivity contribution in [1.29, 1.82) is 0 Å². The van der Waals surface area contributed by atoms with E-state index in [1.54, 1.807) is 7.11 Å². The topological polar surface area (TPSA) is 37.9 Å². The first-order chi connectivity index (χ1) is 8.65. The zero-order valence-electron chi connectivity index (χ0n) is 10.8. The molecule has 4 heteroatoms. The highest BCUT2D eigenvalue weighted by Gasteiger charge is 2.07. The average molecular weight is 260 g/mol. The number of nitrogens with zero attached hydrogens (tertiary/aromatic N) is 1. The maximum Gasteiger partial charge on any atom is 0.133 e. The average Bonchev–Trinajstić information content (AvgIpc) is 2.41. The van der Waals surface area contributed by atoms with Crippen LogP contribution < -0.4 is 4.74 Å². The van der Waals surface area contributed by atoms with Gasteiger partial charge in [0.25, 0.3) is 0 Å². The Balaban J connectivity index is 2.62. The third-order valence-corrected chi connectivity index (χ3v) is 3.29. The van der Waals surface area contributed by atoms with Crippen LogP contribution in [-0.2, 0) is 6.42 Å². The van der Waals surface area contributed by atoms with Gasteiger partial charge >= 0.3 is 0 Å². The minimum atomic E-state index is 0.656. The first-order valence-corrected chi connectivity index (χ1v) is 6.30. The van der Waals surface area contributed by atoms with E-state index in [0.29, 0.717) is 4.64 Å². The summed E-state index contributed by atoms with van der Waals surface area (Å²) in [4.78, 5) is 7.69. The zero-order chi connectivity index (χ0) is 13.1. The van der Waals surface area contributed by atoms with E-state index in [0.717, 1.165) is 34.8 Å². The third kappa shape index (κ3) is 2.43. The third-order valence-electron chi connectivity index (χ3n) is 2.89. The Labute approximate surface area is 112 Å². The second-order valence-corrected chi connectivity index (χ2v) is 4.46. The highest BCUT2D eigenvalue weighted by molar-refractivity contribution is 7.71. The normalized spacial score (nSPS) is 10.4. The molecule has 18 heavy (non-hydrogen) atoms.